The number of nitrogens with one attached hydrogen (secondary N) is 1. The molecule has 0 saturated carbocycles. The molecule has 1 N–H and O–H groups in total. The largest absolute Gasteiger partial charge is 0.490 e. The highest BCUT2D eigenvalue weighted by atomic mass is 16.5. The van der Waals surface area contributed by atoms with Crippen molar-refractivity contribution in [3.8, 4) is 5.75 Å². The molecule has 6 heteroatoms. The quantitative estimate of drug-likeness (QED) is 0.909. The summed E-state index contributed by atoms with van der Waals surface area (Å²) in [7, 11) is 3.36. The molecule has 1 aliphatic rings. The van der Waals surface area contributed by atoms with Crippen molar-refractivity contribution in [2.24, 2.45) is 0 Å². The van der Waals surface area contributed by atoms with Gasteiger partial charge in [-0.1, -0.05) is 12.1 Å². The number of carbonyl (C=O) groups excluding carboxylic acids is 2. The van der Waals surface area contributed by atoms with Crippen LogP contribution in [-0.4, -0.2) is 61.1 Å². The lowest BCUT2D eigenvalue weighted by Gasteiger charge is -2.33. The van der Waals surface area contributed by atoms with Crippen LogP contribution in [0.4, 0.5) is 4.79 Å². The first kappa shape index (κ1) is 19.1. The summed E-state index contributed by atoms with van der Waals surface area (Å²) < 4.78 is 6.13. The van der Waals surface area contributed by atoms with Gasteiger partial charge in [-0.15, -0.1) is 0 Å². The highest BCUT2D eigenvalue weighted by Gasteiger charge is 2.26. The van der Waals surface area contributed by atoms with E-state index >= 15 is 0 Å². The minimum absolute atomic E-state index is 0.110. The van der Waals surface area contributed by atoms with Gasteiger partial charge in [-0.3, -0.25) is 4.79 Å². The predicted molar refractivity (Wildman–Crippen MR) is 97.8 cm³/mol. The first-order chi connectivity index (χ1) is 11.8. The number of hydrogen-bond acceptors (Lipinski definition) is 3. The number of hydrogen-bond donors (Lipinski definition) is 1. The number of rotatable bonds is 4. The number of likely N-dealkylation sites (N-methyl/N-ethyl adjacent to an activating group) is 1. The molecule has 2 rings (SSSR count). The average molecular weight is 347 g/mol. The van der Waals surface area contributed by atoms with E-state index in [1.807, 2.05) is 6.92 Å². The third kappa shape index (κ3) is 5.11. The highest BCUT2D eigenvalue weighted by molar-refractivity contribution is 5.86. The third-order valence-electron chi connectivity index (χ3n) is 4.52. The van der Waals surface area contributed by atoms with Crippen molar-refractivity contribution in [1.29, 1.82) is 0 Å². The van der Waals surface area contributed by atoms with Crippen molar-refractivity contribution in [2.45, 2.75) is 45.8 Å². The van der Waals surface area contributed by atoms with E-state index in [1.165, 1.54) is 10.5 Å². The summed E-state index contributed by atoms with van der Waals surface area (Å²) in [5, 5.41) is 2.77. The Kier molecular flexibility index (Phi) is 6.28. The minimum atomic E-state index is -0.522. The molecule has 0 radical (unpaired) electrons. The predicted octanol–water partition coefficient (Wildman–Crippen LogP) is 2.33. The van der Waals surface area contributed by atoms with Gasteiger partial charge in [0.1, 0.15) is 17.9 Å². The SMILES string of the molecule is Cc1ccc(C)c(OC2CCN(C(=O)NC(C)C(=O)N(C)C)CC2)c1. The van der Waals surface area contributed by atoms with E-state index in [4.69, 9.17) is 4.74 Å². The number of urea groups is 1. The summed E-state index contributed by atoms with van der Waals surface area (Å²) in [6, 6.07) is 5.49. The number of amides is 3. The van der Waals surface area contributed by atoms with Gasteiger partial charge >= 0.3 is 6.03 Å². The third-order valence-corrected chi connectivity index (χ3v) is 4.52. The lowest BCUT2D eigenvalue weighted by Crippen LogP contribution is -2.52. The molecule has 1 unspecified atom stereocenters. The maximum Gasteiger partial charge on any atom is 0.318 e. The Bertz CT molecular complexity index is 622. The van der Waals surface area contributed by atoms with Crippen LogP contribution < -0.4 is 10.1 Å². The number of carbonyl (C=O) groups is 2. The van der Waals surface area contributed by atoms with Gasteiger partial charge in [0.25, 0.3) is 0 Å². The molecule has 1 saturated heterocycles. The van der Waals surface area contributed by atoms with Crippen molar-refractivity contribution in [3.63, 3.8) is 0 Å². The molecule has 1 aliphatic heterocycles. The first-order valence-corrected chi connectivity index (χ1v) is 8.78. The fourth-order valence-electron chi connectivity index (χ4n) is 2.92. The van der Waals surface area contributed by atoms with Crippen LogP contribution in [0.5, 0.6) is 5.75 Å². The number of benzene rings is 1. The minimum Gasteiger partial charge on any atom is -0.490 e. The van der Waals surface area contributed by atoms with Gasteiger partial charge in [-0.05, 0) is 38.0 Å². The maximum atomic E-state index is 12.3. The summed E-state index contributed by atoms with van der Waals surface area (Å²) in [5.41, 5.74) is 2.30. The van der Waals surface area contributed by atoms with Gasteiger partial charge in [-0.25, -0.2) is 4.79 Å². The van der Waals surface area contributed by atoms with Crippen LogP contribution in [0.2, 0.25) is 0 Å². The van der Waals surface area contributed by atoms with Crippen LogP contribution in [0.25, 0.3) is 0 Å². The molecule has 1 atom stereocenters. The first-order valence-electron chi connectivity index (χ1n) is 8.78. The van der Waals surface area contributed by atoms with Crippen molar-refractivity contribution < 1.29 is 14.3 Å². The summed E-state index contributed by atoms with van der Waals surface area (Å²) in [6.07, 6.45) is 1.69. The van der Waals surface area contributed by atoms with Crippen molar-refractivity contribution >= 4 is 11.9 Å². The van der Waals surface area contributed by atoms with Crippen molar-refractivity contribution in [1.82, 2.24) is 15.1 Å². The molecule has 1 aromatic rings. The molecule has 6 nitrogen and oxygen atoms in total. The zero-order valence-electron chi connectivity index (χ0n) is 15.8. The van der Waals surface area contributed by atoms with E-state index in [0.717, 1.165) is 24.2 Å². The van der Waals surface area contributed by atoms with Gasteiger partial charge in [0, 0.05) is 40.0 Å². The van der Waals surface area contributed by atoms with Gasteiger partial charge in [0.15, 0.2) is 0 Å². The summed E-state index contributed by atoms with van der Waals surface area (Å²) in [6.45, 7) is 7.06. The summed E-state index contributed by atoms with van der Waals surface area (Å²) in [4.78, 5) is 27.4. The molecule has 0 spiro atoms. The van der Waals surface area contributed by atoms with Crippen LogP contribution in [0.3, 0.4) is 0 Å². The molecule has 138 valence electrons. The second-order valence-electron chi connectivity index (χ2n) is 6.98. The summed E-state index contributed by atoms with van der Waals surface area (Å²) in [5.74, 6) is 0.814. The van der Waals surface area contributed by atoms with Crippen molar-refractivity contribution in [2.75, 3.05) is 27.2 Å². The molecule has 0 bridgehead atoms. The Morgan fingerprint density at radius 1 is 1.24 bits per heavy atom. The Morgan fingerprint density at radius 3 is 2.48 bits per heavy atom. The number of ether oxygens (including phenoxy) is 1. The molecule has 1 heterocycles. The van der Waals surface area contributed by atoms with Crippen molar-refractivity contribution in [3.05, 3.63) is 29.3 Å². The molecule has 1 fully saturated rings. The van der Waals surface area contributed by atoms with Crippen LogP contribution >= 0.6 is 0 Å². The number of nitrogens with zero attached hydrogens (tertiary/aromatic N) is 2. The lowest BCUT2D eigenvalue weighted by molar-refractivity contribution is -0.130. The Morgan fingerprint density at radius 2 is 1.88 bits per heavy atom. The zero-order valence-corrected chi connectivity index (χ0v) is 15.8. The van der Waals surface area contributed by atoms with E-state index in [9.17, 15) is 9.59 Å². The zero-order chi connectivity index (χ0) is 18.6. The van der Waals surface area contributed by atoms with E-state index in [2.05, 4.69) is 30.4 Å². The van der Waals surface area contributed by atoms with E-state index in [-0.39, 0.29) is 18.0 Å². The summed E-state index contributed by atoms with van der Waals surface area (Å²) >= 11 is 0. The monoisotopic (exact) mass is 347 g/mol. The molecular weight excluding hydrogens is 318 g/mol. The highest BCUT2D eigenvalue weighted by Crippen LogP contribution is 2.24. The second kappa shape index (κ2) is 8.23. The number of aryl methyl sites for hydroxylation is 2. The molecule has 0 aliphatic carbocycles. The van der Waals surface area contributed by atoms with Crippen LogP contribution in [-0.2, 0) is 4.79 Å². The average Bonchev–Trinajstić information content (AvgIpc) is 2.57. The normalized spacial score (nSPS) is 16.3. The molecule has 1 aromatic carbocycles. The van der Waals surface area contributed by atoms with Gasteiger partial charge in [0.2, 0.25) is 5.91 Å². The lowest BCUT2D eigenvalue weighted by atomic mass is 10.1. The van der Waals surface area contributed by atoms with Crippen LogP contribution in [0.1, 0.15) is 30.9 Å². The topological polar surface area (TPSA) is 61.9 Å². The van der Waals surface area contributed by atoms with Crippen LogP contribution in [0, 0.1) is 13.8 Å². The van der Waals surface area contributed by atoms with Gasteiger partial charge < -0.3 is 19.9 Å². The van der Waals surface area contributed by atoms with E-state index in [1.54, 1.807) is 25.9 Å². The molecule has 25 heavy (non-hydrogen) atoms. The second-order valence-corrected chi connectivity index (χ2v) is 6.98. The van der Waals surface area contributed by atoms with Gasteiger partial charge in [-0.2, -0.15) is 0 Å². The van der Waals surface area contributed by atoms with E-state index < -0.39 is 6.04 Å². The van der Waals surface area contributed by atoms with Crippen LogP contribution in [0.15, 0.2) is 18.2 Å². The Balaban J connectivity index is 1.84. The molecular formula is C19H29N3O3. The fraction of sp³-hybridized carbons (Fsp3) is 0.579. The Hall–Kier alpha value is -2.24. The number of likely N-dealkylation sites (tertiary alicyclic amines) is 1. The molecule has 3 amide bonds. The fourth-order valence-corrected chi connectivity index (χ4v) is 2.92. The Labute approximate surface area is 150 Å². The smallest absolute Gasteiger partial charge is 0.318 e. The number of piperidine rings is 1. The van der Waals surface area contributed by atoms with Gasteiger partial charge in [0.05, 0.1) is 0 Å². The van der Waals surface area contributed by atoms with E-state index in [0.29, 0.717) is 13.1 Å². The maximum absolute atomic E-state index is 12.3. The standard InChI is InChI=1S/C19H29N3O3/c1-13-6-7-14(2)17(12-13)25-16-8-10-22(11-9-16)19(24)20-15(3)18(23)21(4)5/h6-7,12,15-16H,8-11H2,1-5H3,(H,20,24). The molecule has 0 aromatic heterocycles.